The first-order valence-corrected chi connectivity index (χ1v) is 9.00. The maximum Gasteiger partial charge on any atom is 0.331 e. The summed E-state index contributed by atoms with van der Waals surface area (Å²) in [6, 6.07) is 19.1. The molecule has 0 saturated heterocycles. The normalized spacial score (nSPS) is 11.0. The lowest BCUT2D eigenvalue weighted by Crippen LogP contribution is -2.41. The lowest BCUT2D eigenvalue weighted by molar-refractivity contribution is 0.585. The smallest absolute Gasteiger partial charge is 0.287 e. The van der Waals surface area contributed by atoms with Gasteiger partial charge in [0.2, 0.25) is 0 Å². The van der Waals surface area contributed by atoms with Crippen molar-refractivity contribution in [3.63, 3.8) is 0 Å². The van der Waals surface area contributed by atoms with Gasteiger partial charge in [-0.1, -0.05) is 42.5 Å². The SMILES string of the molecule is O=c1c2ncccc2n(Cc2cccc(F)c2)c(=O)n1CCc1ccccc1. The van der Waals surface area contributed by atoms with Gasteiger partial charge >= 0.3 is 5.69 Å². The maximum absolute atomic E-state index is 13.6. The van der Waals surface area contributed by atoms with Gasteiger partial charge in [-0.05, 0) is 41.8 Å². The first-order valence-electron chi connectivity index (χ1n) is 9.00. The minimum absolute atomic E-state index is 0.157. The van der Waals surface area contributed by atoms with E-state index in [1.165, 1.54) is 27.5 Å². The van der Waals surface area contributed by atoms with E-state index < -0.39 is 11.2 Å². The summed E-state index contributed by atoms with van der Waals surface area (Å²) in [5.41, 5.74) is 1.51. The standard InChI is InChI=1S/C22H18FN3O2/c23-18-9-4-8-17(14-18)15-26-19-10-5-12-24-20(19)21(27)25(22(26)28)13-11-16-6-2-1-3-7-16/h1-10,12,14H,11,13,15H2. The van der Waals surface area contributed by atoms with E-state index in [9.17, 15) is 14.0 Å². The summed E-state index contributed by atoms with van der Waals surface area (Å²) in [6.45, 7) is 0.405. The first kappa shape index (κ1) is 17.9. The third kappa shape index (κ3) is 3.49. The van der Waals surface area contributed by atoms with Crippen molar-refractivity contribution in [3.05, 3.63) is 111 Å². The van der Waals surface area contributed by atoms with Gasteiger partial charge in [-0.25, -0.2) is 14.2 Å². The summed E-state index contributed by atoms with van der Waals surface area (Å²) in [6.07, 6.45) is 2.08. The van der Waals surface area contributed by atoms with E-state index in [4.69, 9.17) is 0 Å². The molecule has 28 heavy (non-hydrogen) atoms. The molecular formula is C22H18FN3O2. The van der Waals surface area contributed by atoms with Crippen LogP contribution in [0.3, 0.4) is 0 Å². The second kappa shape index (κ2) is 7.60. The summed E-state index contributed by atoms with van der Waals surface area (Å²) >= 11 is 0. The van der Waals surface area contributed by atoms with Gasteiger partial charge in [0.15, 0.2) is 5.52 Å². The predicted molar refractivity (Wildman–Crippen MR) is 106 cm³/mol. The third-order valence-electron chi connectivity index (χ3n) is 4.68. The fraction of sp³-hybridized carbons (Fsp3) is 0.136. The summed E-state index contributed by atoms with van der Waals surface area (Å²) in [5.74, 6) is -0.370. The Hall–Kier alpha value is -3.54. The fourth-order valence-corrected chi connectivity index (χ4v) is 3.30. The van der Waals surface area contributed by atoms with Crippen molar-refractivity contribution in [2.45, 2.75) is 19.5 Å². The molecule has 0 unspecified atom stereocenters. The van der Waals surface area contributed by atoms with Gasteiger partial charge < -0.3 is 0 Å². The van der Waals surface area contributed by atoms with Crippen LogP contribution in [0.4, 0.5) is 4.39 Å². The molecule has 0 aliphatic carbocycles. The molecule has 0 N–H and O–H groups in total. The van der Waals surface area contributed by atoms with E-state index in [2.05, 4.69) is 4.98 Å². The number of nitrogens with zero attached hydrogens (tertiary/aromatic N) is 3. The van der Waals surface area contributed by atoms with E-state index in [1.54, 1.807) is 24.3 Å². The maximum atomic E-state index is 13.6. The summed E-state index contributed by atoms with van der Waals surface area (Å²) < 4.78 is 16.3. The zero-order valence-corrected chi connectivity index (χ0v) is 15.1. The zero-order chi connectivity index (χ0) is 19.5. The van der Waals surface area contributed by atoms with Gasteiger partial charge in [-0.15, -0.1) is 0 Å². The Bertz CT molecular complexity index is 1250. The van der Waals surface area contributed by atoms with E-state index in [1.807, 2.05) is 30.3 Å². The molecule has 0 amide bonds. The largest absolute Gasteiger partial charge is 0.331 e. The third-order valence-corrected chi connectivity index (χ3v) is 4.68. The Morgan fingerprint density at radius 1 is 0.857 bits per heavy atom. The number of rotatable bonds is 5. The topological polar surface area (TPSA) is 56.9 Å². The van der Waals surface area contributed by atoms with Gasteiger partial charge in [-0.3, -0.25) is 13.9 Å². The van der Waals surface area contributed by atoms with Crippen molar-refractivity contribution < 1.29 is 4.39 Å². The van der Waals surface area contributed by atoms with E-state index in [0.717, 1.165) is 5.56 Å². The highest BCUT2D eigenvalue weighted by Gasteiger charge is 2.14. The van der Waals surface area contributed by atoms with Crippen LogP contribution in [-0.4, -0.2) is 14.1 Å². The van der Waals surface area contributed by atoms with Gasteiger partial charge in [0.25, 0.3) is 5.56 Å². The van der Waals surface area contributed by atoms with Crippen molar-refractivity contribution >= 4 is 11.0 Å². The van der Waals surface area contributed by atoms with Crippen LogP contribution >= 0.6 is 0 Å². The van der Waals surface area contributed by atoms with Crippen LogP contribution in [0.5, 0.6) is 0 Å². The van der Waals surface area contributed by atoms with Crippen molar-refractivity contribution in [2.75, 3.05) is 0 Å². The first-order chi connectivity index (χ1) is 13.6. The van der Waals surface area contributed by atoms with Crippen LogP contribution in [0.1, 0.15) is 11.1 Å². The second-order valence-electron chi connectivity index (χ2n) is 6.56. The highest BCUT2D eigenvalue weighted by Crippen LogP contribution is 2.10. The van der Waals surface area contributed by atoms with Crippen LogP contribution in [0, 0.1) is 5.82 Å². The molecule has 0 fully saturated rings. The van der Waals surface area contributed by atoms with Gasteiger partial charge in [0.05, 0.1) is 12.1 Å². The second-order valence-corrected chi connectivity index (χ2v) is 6.56. The monoisotopic (exact) mass is 375 g/mol. The van der Waals surface area contributed by atoms with E-state index in [0.29, 0.717) is 17.5 Å². The molecule has 5 nitrogen and oxygen atoms in total. The average molecular weight is 375 g/mol. The molecule has 0 atom stereocenters. The number of pyridine rings is 1. The molecule has 0 saturated carbocycles. The Morgan fingerprint density at radius 3 is 2.43 bits per heavy atom. The van der Waals surface area contributed by atoms with Crippen LogP contribution < -0.4 is 11.2 Å². The molecule has 4 rings (SSSR count). The highest BCUT2D eigenvalue weighted by molar-refractivity contribution is 5.73. The zero-order valence-electron chi connectivity index (χ0n) is 15.1. The highest BCUT2D eigenvalue weighted by atomic mass is 19.1. The molecule has 0 radical (unpaired) electrons. The molecule has 0 aliphatic rings. The molecule has 2 aromatic heterocycles. The number of halogens is 1. The minimum atomic E-state index is -0.425. The van der Waals surface area contributed by atoms with Gasteiger partial charge in [0, 0.05) is 12.7 Å². The molecule has 0 aliphatic heterocycles. The fourth-order valence-electron chi connectivity index (χ4n) is 3.30. The number of aryl methyl sites for hydroxylation is 1. The molecular weight excluding hydrogens is 357 g/mol. The quantitative estimate of drug-likeness (QED) is 0.539. The number of aromatic nitrogens is 3. The molecule has 4 aromatic rings. The predicted octanol–water partition coefficient (Wildman–Crippen LogP) is 2.99. The number of benzene rings is 2. The number of hydrogen-bond acceptors (Lipinski definition) is 3. The lowest BCUT2D eigenvalue weighted by Gasteiger charge is -2.14. The Balaban J connectivity index is 1.81. The summed E-state index contributed by atoms with van der Waals surface area (Å²) in [7, 11) is 0. The van der Waals surface area contributed by atoms with E-state index in [-0.39, 0.29) is 24.4 Å². The molecule has 2 aromatic carbocycles. The van der Waals surface area contributed by atoms with Crippen molar-refractivity contribution in [2.24, 2.45) is 0 Å². The van der Waals surface area contributed by atoms with E-state index >= 15 is 0 Å². The summed E-state index contributed by atoms with van der Waals surface area (Å²) in [5, 5.41) is 0. The van der Waals surface area contributed by atoms with Gasteiger partial charge in [0.1, 0.15) is 5.82 Å². The summed E-state index contributed by atoms with van der Waals surface area (Å²) in [4.78, 5) is 30.2. The molecule has 2 heterocycles. The van der Waals surface area contributed by atoms with Crippen molar-refractivity contribution in [1.29, 1.82) is 0 Å². The van der Waals surface area contributed by atoms with Gasteiger partial charge in [-0.2, -0.15) is 0 Å². The molecule has 6 heteroatoms. The van der Waals surface area contributed by atoms with Crippen molar-refractivity contribution in [3.8, 4) is 0 Å². The van der Waals surface area contributed by atoms with Crippen molar-refractivity contribution in [1.82, 2.24) is 14.1 Å². The Morgan fingerprint density at radius 2 is 1.64 bits per heavy atom. The van der Waals surface area contributed by atoms with Crippen LogP contribution in [0.2, 0.25) is 0 Å². The average Bonchev–Trinajstić information content (AvgIpc) is 2.72. The number of fused-ring (bicyclic) bond motifs is 1. The lowest BCUT2D eigenvalue weighted by atomic mass is 10.1. The molecule has 140 valence electrons. The van der Waals surface area contributed by atoms with Crippen LogP contribution in [-0.2, 0) is 19.5 Å². The minimum Gasteiger partial charge on any atom is -0.287 e. The molecule has 0 bridgehead atoms. The number of hydrogen-bond donors (Lipinski definition) is 0. The van der Waals surface area contributed by atoms with Crippen LogP contribution in [0.15, 0.2) is 82.5 Å². The molecule has 0 spiro atoms. The Kier molecular flexibility index (Phi) is 4.85. The Labute approximate surface area is 160 Å². The van der Waals surface area contributed by atoms with Crippen LogP contribution in [0.25, 0.3) is 11.0 Å².